The molecule has 0 radical (unpaired) electrons. The van der Waals surface area contributed by atoms with Crippen LogP contribution < -0.4 is 5.32 Å². The summed E-state index contributed by atoms with van der Waals surface area (Å²) in [7, 11) is 0. The molecule has 5 aromatic rings. The highest BCUT2D eigenvalue weighted by Gasteiger charge is 2.14. The molecule has 5 rings (SSSR count). The molecule has 2 N–H and O–H groups in total. The van der Waals surface area contributed by atoms with Gasteiger partial charge in [0, 0.05) is 29.0 Å². The number of nitrogens with one attached hydrogen (secondary N) is 2. The molecule has 4 aromatic heterocycles. The van der Waals surface area contributed by atoms with Crippen molar-refractivity contribution in [3.8, 4) is 22.5 Å². The van der Waals surface area contributed by atoms with Gasteiger partial charge in [-0.05, 0) is 42.5 Å². The van der Waals surface area contributed by atoms with Crippen molar-refractivity contribution >= 4 is 17.4 Å². The van der Waals surface area contributed by atoms with Gasteiger partial charge in [-0.15, -0.1) is 0 Å². The Kier molecular flexibility index (Phi) is 4.43. The van der Waals surface area contributed by atoms with E-state index in [0.717, 1.165) is 17.2 Å². The number of H-pyrrole nitrogens is 1. The molecule has 8 nitrogen and oxygen atoms in total. The Morgan fingerprint density at radius 1 is 1.06 bits per heavy atom. The average molecular weight is 417 g/mol. The van der Waals surface area contributed by atoms with Crippen LogP contribution in [0.1, 0.15) is 10.4 Å². The number of amides is 1. The number of rotatable bonds is 4. The first-order valence-electron chi connectivity index (χ1n) is 9.16. The second-order valence-electron chi connectivity index (χ2n) is 6.63. The largest absolute Gasteiger partial charge is 0.305 e. The first-order chi connectivity index (χ1) is 15.1. The number of hydrogen-bond donors (Lipinski definition) is 2. The van der Waals surface area contributed by atoms with Crippen molar-refractivity contribution in [1.29, 1.82) is 0 Å². The molecule has 0 aliphatic rings. The summed E-state index contributed by atoms with van der Waals surface area (Å²) in [6.07, 6.45) is 4.39. The van der Waals surface area contributed by atoms with Gasteiger partial charge in [0.15, 0.2) is 11.5 Å². The normalized spacial score (nSPS) is 11.0. The number of benzene rings is 1. The van der Waals surface area contributed by atoms with E-state index >= 15 is 0 Å². The molecule has 0 saturated carbocycles. The molecule has 0 unspecified atom stereocenters. The molecule has 152 valence electrons. The summed E-state index contributed by atoms with van der Waals surface area (Å²) < 4.78 is 28.0. The van der Waals surface area contributed by atoms with Crippen molar-refractivity contribution in [2.45, 2.75) is 0 Å². The van der Waals surface area contributed by atoms with E-state index in [-0.39, 0.29) is 17.2 Å². The molecule has 4 heterocycles. The molecule has 0 fully saturated rings. The molecule has 0 spiro atoms. The second kappa shape index (κ2) is 7.41. The number of pyridine rings is 1. The quantitative estimate of drug-likeness (QED) is 0.434. The highest BCUT2D eigenvalue weighted by atomic mass is 19.1. The fraction of sp³-hybridized carbons (Fsp3) is 0. The van der Waals surface area contributed by atoms with Crippen LogP contribution in [0.3, 0.4) is 0 Å². The predicted molar refractivity (Wildman–Crippen MR) is 108 cm³/mol. The molecule has 0 saturated heterocycles. The van der Waals surface area contributed by atoms with Gasteiger partial charge >= 0.3 is 0 Å². The number of aromatic nitrogens is 6. The van der Waals surface area contributed by atoms with Gasteiger partial charge in [0.25, 0.3) is 5.91 Å². The number of aromatic amines is 1. The van der Waals surface area contributed by atoms with Gasteiger partial charge in [0.1, 0.15) is 5.82 Å². The maximum Gasteiger partial charge on any atom is 0.257 e. The molecule has 0 bridgehead atoms. The number of hydrogen-bond acceptors (Lipinski definition) is 5. The van der Waals surface area contributed by atoms with E-state index in [1.165, 1.54) is 28.9 Å². The van der Waals surface area contributed by atoms with E-state index in [0.29, 0.717) is 17.0 Å². The molecular formula is C21H13F2N7O. The molecular weight excluding hydrogens is 404 g/mol. The number of nitrogens with zero attached hydrogens (tertiary/aromatic N) is 5. The minimum absolute atomic E-state index is 0.126. The van der Waals surface area contributed by atoms with E-state index in [4.69, 9.17) is 0 Å². The number of carbonyl (C=O) groups excluding carboxylic acids is 1. The van der Waals surface area contributed by atoms with Crippen molar-refractivity contribution in [2.24, 2.45) is 0 Å². The monoisotopic (exact) mass is 417 g/mol. The lowest BCUT2D eigenvalue weighted by Gasteiger charge is -2.03. The van der Waals surface area contributed by atoms with Crippen molar-refractivity contribution in [3.05, 3.63) is 84.4 Å². The zero-order valence-corrected chi connectivity index (χ0v) is 15.8. The van der Waals surface area contributed by atoms with Gasteiger partial charge in [-0.25, -0.2) is 18.9 Å². The fourth-order valence-electron chi connectivity index (χ4n) is 3.14. The summed E-state index contributed by atoms with van der Waals surface area (Å²) in [5.74, 6) is -1.32. The smallest absolute Gasteiger partial charge is 0.257 e. The van der Waals surface area contributed by atoms with Crippen LogP contribution >= 0.6 is 0 Å². The molecule has 31 heavy (non-hydrogen) atoms. The first-order valence-corrected chi connectivity index (χ1v) is 9.16. The second-order valence-corrected chi connectivity index (χ2v) is 6.63. The Hall–Kier alpha value is -4.47. The molecule has 10 heteroatoms. The van der Waals surface area contributed by atoms with Crippen molar-refractivity contribution in [1.82, 2.24) is 29.8 Å². The number of imidazole rings is 1. The standard InChI is InChI=1S/C21H13F2N7O/c22-14-3-1-12(2-4-14)20-15(10-25-28-20)16-5-6-19-26-18(11-30(19)29-16)27-21(31)13-7-8-24-17(23)9-13/h1-11H,(H,25,28)(H,27,31). The molecule has 1 amide bonds. The predicted octanol–water partition coefficient (Wildman–Crippen LogP) is 3.71. The average Bonchev–Trinajstić information content (AvgIpc) is 3.40. The number of anilines is 1. The minimum atomic E-state index is -0.744. The first kappa shape index (κ1) is 18.6. The Labute approximate surface area is 173 Å². The lowest BCUT2D eigenvalue weighted by Crippen LogP contribution is -2.12. The summed E-state index contributed by atoms with van der Waals surface area (Å²) in [4.78, 5) is 20.0. The van der Waals surface area contributed by atoms with Crippen LogP contribution in [-0.2, 0) is 0 Å². The maximum absolute atomic E-state index is 13.2. The maximum atomic E-state index is 13.2. The zero-order chi connectivity index (χ0) is 21.4. The van der Waals surface area contributed by atoms with E-state index < -0.39 is 11.9 Å². The fourth-order valence-corrected chi connectivity index (χ4v) is 3.14. The number of halogens is 2. The van der Waals surface area contributed by atoms with Gasteiger partial charge in [0.2, 0.25) is 5.95 Å². The van der Waals surface area contributed by atoms with Crippen molar-refractivity contribution in [2.75, 3.05) is 5.32 Å². The van der Waals surface area contributed by atoms with E-state index in [9.17, 15) is 13.6 Å². The zero-order valence-electron chi connectivity index (χ0n) is 15.8. The van der Waals surface area contributed by atoms with Crippen LogP contribution in [0.15, 0.2) is 67.1 Å². The summed E-state index contributed by atoms with van der Waals surface area (Å²) in [6, 6.07) is 12.0. The van der Waals surface area contributed by atoms with Gasteiger partial charge in [0.05, 0.1) is 23.8 Å². The van der Waals surface area contributed by atoms with Crippen LogP contribution in [0.25, 0.3) is 28.2 Å². The topological polar surface area (TPSA) is 101 Å². The highest BCUT2D eigenvalue weighted by Crippen LogP contribution is 2.29. The lowest BCUT2D eigenvalue weighted by molar-refractivity contribution is 0.102. The molecule has 0 aliphatic carbocycles. The van der Waals surface area contributed by atoms with Crippen LogP contribution in [-0.4, -0.2) is 35.7 Å². The van der Waals surface area contributed by atoms with Crippen LogP contribution in [0, 0.1) is 11.8 Å². The van der Waals surface area contributed by atoms with Crippen molar-refractivity contribution in [3.63, 3.8) is 0 Å². The molecule has 0 atom stereocenters. The third-order valence-corrected chi connectivity index (χ3v) is 4.60. The van der Waals surface area contributed by atoms with E-state index in [1.807, 2.05) is 0 Å². The molecule has 1 aromatic carbocycles. The lowest BCUT2D eigenvalue weighted by atomic mass is 10.1. The van der Waals surface area contributed by atoms with Crippen molar-refractivity contribution < 1.29 is 13.6 Å². The third-order valence-electron chi connectivity index (χ3n) is 4.60. The van der Waals surface area contributed by atoms with Gasteiger partial charge in [-0.1, -0.05) is 0 Å². The summed E-state index contributed by atoms with van der Waals surface area (Å²) >= 11 is 0. The SMILES string of the molecule is O=C(Nc1cn2nc(-c3cn[nH]c3-c3ccc(F)cc3)ccc2n1)c1ccnc(F)c1. The van der Waals surface area contributed by atoms with Crippen LogP contribution in [0.2, 0.25) is 0 Å². The van der Waals surface area contributed by atoms with Gasteiger partial charge in [-0.2, -0.15) is 14.6 Å². The van der Waals surface area contributed by atoms with Crippen LogP contribution in [0.5, 0.6) is 0 Å². The summed E-state index contributed by atoms with van der Waals surface area (Å²) in [5.41, 5.74) is 3.42. The minimum Gasteiger partial charge on any atom is -0.305 e. The number of fused-ring (bicyclic) bond motifs is 1. The number of carbonyl (C=O) groups is 1. The van der Waals surface area contributed by atoms with Gasteiger partial charge in [-0.3, -0.25) is 9.89 Å². The van der Waals surface area contributed by atoms with Gasteiger partial charge < -0.3 is 5.32 Å². The summed E-state index contributed by atoms with van der Waals surface area (Å²) in [6.45, 7) is 0. The summed E-state index contributed by atoms with van der Waals surface area (Å²) in [5, 5.41) is 14.1. The highest BCUT2D eigenvalue weighted by molar-refractivity contribution is 6.03. The third kappa shape index (κ3) is 3.62. The van der Waals surface area contributed by atoms with E-state index in [1.54, 1.807) is 36.7 Å². The Balaban J connectivity index is 1.45. The van der Waals surface area contributed by atoms with E-state index in [2.05, 4.69) is 30.6 Å². The van der Waals surface area contributed by atoms with Crippen LogP contribution in [0.4, 0.5) is 14.6 Å². The Bertz CT molecular complexity index is 1410. The Morgan fingerprint density at radius 3 is 2.71 bits per heavy atom. The molecule has 0 aliphatic heterocycles. The Morgan fingerprint density at radius 2 is 1.90 bits per heavy atom.